The van der Waals surface area contributed by atoms with E-state index in [1.54, 1.807) is 11.9 Å². The molecule has 6 heteroatoms. The zero-order valence-electron chi connectivity index (χ0n) is 11.1. The van der Waals surface area contributed by atoms with Gasteiger partial charge in [-0.3, -0.25) is 4.79 Å². The van der Waals surface area contributed by atoms with Crippen LogP contribution in [-0.4, -0.2) is 50.4 Å². The van der Waals surface area contributed by atoms with Gasteiger partial charge in [-0.25, -0.2) is 8.42 Å². The average Bonchev–Trinajstić information content (AvgIpc) is 2.25. The highest BCUT2D eigenvalue weighted by Gasteiger charge is 2.23. The van der Waals surface area contributed by atoms with Crippen LogP contribution in [0.4, 0.5) is 0 Å². The Morgan fingerprint density at radius 1 is 1.29 bits per heavy atom. The molecule has 17 heavy (non-hydrogen) atoms. The van der Waals surface area contributed by atoms with Gasteiger partial charge in [-0.2, -0.15) is 0 Å². The molecule has 2 N–H and O–H groups in total. The minimum Gasteiger partial charge on any atom is -0.341 e. The van der Waals surface area contributed by atoms with E-state index in [-0.39, 0.29) is 24.1 Å². The molecular formula is C11H24N2O3S. The third-order valence-corrected chi connectivity index (χ3v) is 3.93. The molecule has 0 aromatic carbocycles. The van der Waals surface area contributed by atoms with Crippen molar-refractivity contribution in [1.29, 1.82) is 0 Å². The van der Waals surface area contributed by atoms with Crippen LogP contribution in [0.1, 0.15) is 33.1 Å². The number of likely N-dealkylation sites (N-methyl/N-ethyl adjacent to an activating group) is 1. The third-order valence-electron chi connectivity index (χ3n) is 2.95. The first-order valence-electron chi connectivity index (χ1n) is 5.92. The van der Waals surface area contributed by atoms with E-state index in [4.69, 9.17) is 5.73 Å². The van der Waals surface area contributed by atoms with Crippen molar-refractivity contribution in [3.05, 3.63) is 0 Å². The maximum Gasteiger partial charge on any atom is 0.239 e. The van der Waals surface area contributed by atoms with Gasteiger partial charge in [0.25, 0.3) is 0 Å². The summed E-state index contributed by atoms with van der Waals surface area (Å²) in [6, 6.07) is -0.554. The van der Waals surface area contributed by atoms with Gasteiger partial charge in [0.2, 0.25) is 5.91 Å². The van der Waals surface area contributed by atoms with E-state index in [0.717, 1.165) is 19.1 Å². The summed E-state index contributed by atoms with van der Waals surface area (Å²) < 4.78 is 22.0. The molecule has 0 spiro atoms. The van der Waals surface area contributed by atoms with E-state index in [0.29, 0.717) is 0 Å². The van der Waals surface area contributed by atoms with Crippen molar-refractivity contribution in [2.75, 3.05) is 19.1 Å². The van der Waals surface area contributed by atoms with Gasteiger partial charge in [0.15, 0.2) is 0 Å². The Bertz CT molecular complexity index is 337. The molecule has 0 fully saturated rings. The van der Waals surface area contributed by atoms with Crippen LogP contribution in [-0.2, 0) is 14.6 Å². The standard InChI is InChI=1S/C11H24N2O3S/c1-5-9(6-2)13(3)11(14)10(12)7-8-17(4,15)16/h9-10H,5-8,12H2,1-4H3. The van der Waals surface area contributed by atoms with Crippen molar-refractivity contribution < 1.29 is 13.2 Å². The lowest BCUT2D eigenvalue weighted by Gasteiger charge is -2.28. The zero-order valence-corrected chi connectivity index (χ0v) is 12.0. The van der Waals surface area contributed by atoms with Crippen molar-refractivity contribution in [3.63, 3.8) is 0 Å². The van der Waals surface area contributed by atoms with E-state index in [9.17, 15) is 13.2 Å². The summed E-state index contributed by atoms with van der Waals surface area (Å²) in [6.45, 7) is 4.03. The zero-order chi connectivity index (χ0) is 13.6. The number of rotatable bonds is 7. The highest BCUT2D eigenvalue weighted by atomic mass is 32.2. The molecule has 0 aliphatic carbocycles. The maximum absolute atomic E-state index is 11.9. The molecule has 102 valence electrons. The smallest absolute Gasteiger partial charge is 0.239 e. The van der Waals surface area contributed by atoms with E-state index < -0.39 is 15.9 Å². The maximum atomic E-state index is 11.9. The van der Waals surface area contributed by atoms with Gasteiger partial charge in [-0.05, 0) is 19.3 Å². The monoisotopic (exact) mass is 264 g/mol. The number of amides is 1. The van der Waals surface area contributed by atoms with Crippen LogP contribution in [0.5, 0.6) is 0 Å². The minimum absolute atomic E-state index is 0.0450. The molecule has 0 saturated heterocycles. The molecule has 0 saturated carbocycles. The lowest BCUT2D eigenvalue weighted by atomic mass is 10.1. The van der Waals surface area contributed by atoms with Gasteiger partial charge in [-0.15, -0.1) is 0 Å². The fourth-order valence-electron chi connectivity index (χ4n) is 1.74. The molecule has 0 aromatic rings. The summed E-state index contributed by atoms with van der Waals surface area (Å²) in [4.78, 5) is 13.6. The molecule has 5 nitrogen and oxygen atoms in total. The second kappa shape index (κ2) is 6.96. The molecule has 0 aliphatic heterocycles. The van der Waals surface area contributed by atoms with Gasteiger partial charge in [0, 0.05) is 19.3 Å². The normalized spacial score (nSPS) is 13.8. The topological polar surface area (TPSA) is 80.5 Å². The molecule has 0 aromatic heterocycles. The molecule has 0 rings (SSSR count). The van der Waals surface area contributed by atoms with Gasteiger partial charge in [0.1, 0.15) is 9.84 Å². The quantitative estimate of drug-likeness (QED) is 0.721. The minimum atomic E-state index is -3.06. The van der Waals surface area contributed by atoms with E-state index in [1.165, 1.54) is 0 Å². The van der Waals surface area contributed by atoms with Crippen LogP contribution in [0.3, 0.4) is 0 Å². The van der Waals surface area contributed by atoms with Gasteiger partial charge in [0.05, 0.1) is 11.8 Å². The van der Waals surface area contributed by atoms with E-state index in [2.05, 4.69) is 0 Å². The molecule has 1 amide bonds. The predicted molar refractivity (Wildman–Crippen MR) is 69.4 cm³/mol. The number of sulfone groups is 1. The number of nitrogens with two attached hydrogens (primary N) is 1. The molecule has 0 aliphatic rings. The van der Waals surface area contributed by atoms with Crippen molar-refractivity contribution in [1.82, 2.24) is 4.90 Å². The number of nitrogens with zero attached hydrogens (tertiary/aromatic N) is 1. The lowest BCUT2D eigenvalue weighted by Crippen LogP contribution is -2.46. The van der Waals surface area contributed by atoms with Crippen molar-refractivity contribution in [2.24, 2.45) is 5.73 Å². The number of hydrogen-bond donors (Lipinski definition) is 1. The Morgan fingerprint density at radius 2 is 1.76 bits per heavy atom. The Hall–Kier alpha value is -0.620. The predicted octanol–water partition coefficient (Wildman–Crippen LogP) is 0.395. The molecule has 1 atom stereocenters. The van der Waals surface area contributed by atoms with Crippen LogP contribution in [0, 0.1) is 0 Å². The molecule has 1 unspecified atom stereocenters. The van der Waals surface area contributed by atoms with Crippen molar-refractivity contribution in [3.8, 4) is 0 Å². The highest BCUT2D eigenvalue weighted by Crippen LogP contribution is 2.08. The molecule has 0 bridgehead atoms. The van der Waals surface area contributed by atoms with E-state index in [1.807, 2.05) is 13.8 Å². The van der Waals surface area contributed by atoms with E-state index >= 15 is 0 Å². The second-order valence-corrected chi connectivity index (χ2v) is 6.70. The average molecular weight is 264 g/mol. The Morgan fingerprint density at radius 3 is 2.12 bits per heavy atom. The summed E-state index contributed by atoms with van der Waals surface area (Å²) in [5.74, 6) is -0.223. The number of carbonyl (C=O) groups excluding carboxylic acids is 1. The van der Waals surface area contributed by atoms with Crippen LogP contribution in [0.25, 0.3) is 0 Å². The summed E-state index contributed by atoms with van der Waals surface area (Å²) in [7, 11) is -1.34. The van der Waals surface area contributed by atoms with Crippen molar-refractivity contribution >= 4 is 15.7 Å². The molecular weight excluding hydrogens is 240 g/mol. The SMILES string of the molecule is CCC(CC)N(C)C(=O)C(N)CCS(C)(=O)=O. The fourth-order valence-corrected chi connectivity index (χ4v) is 2.42. The van der Waals surface area contributed by atoms with Crippen molar-refractivity contribution in [2.45, 2.75) is 45.2 Å². The Kier molecular flexibility index (Phi) is 6.70. The lowest BCUT2D eigenvalue weighted by molar-refractivity contribution is -0.133. The second-order valence-electron chi connectivity index (χ2n) is 4.44. The van der Waals surface area contributed by atoms with Crippen LogP contribution in [0.2, 0.25) is 0 Å². The molecule has 0 heterocycles. The fraction of sp³-hybridized carbons (Fsp3) is 0.909. The number of hydrogen-bond acceptors (Lipinski definition) is 4. The molecule has 0 radical (unpaired) electrons. The van der Waals surface area contributed by atoms with Crippen LogP contribution < -0.4 is 5.73 Å². The van der Waals surface area contributed by atoms with Crippen LogP contribution >= 0.6 is 0 Å². The first kappa shape index (κ1) is 16.4. The Labute approximate surface area is 104 Å². The summed E-state index contributed by atoms with van der Waals surface area (Å²) in [5, 5.41) is 0. The number of carbonyl (C=O) groups is 1. The van der Waals surface area contributed by atoms with Gasteiger partial charge in [-0.1, -0.05) is 13.8 Å². The van der Waals surface area contributed by atoms with Gasteiger partial charge < -0.3 is 10.6 Å². The first-order chi connectivity index (χ1) is 7.72. The third kappa shape index (κ3) is 6.02. The summed E-state index contributed by atoms with van der Waals surface area (Å²) in [6.07, 6.45) is 3.08. The Balaban J connectivity index is 4.39. The van der Waals surface area contributed by atoms with Crippen LogP contribution in [0.15, 0.2) is 0 Å². The first-order valence-corrected chi connectivity index (χ1v) is 7.98. The summed E-state index contributed by atoms with van der Waals surface area (Å²) >= 11 is 0. The van der Waals surface area contributed by atoms with Gasteiger partial charge >= 0.3 is 0 Å². The summed E-state index contributed by atoms with van der Waals surface area (Å²) in [5.41, 5.74) is 5.72. The largest absolute Gasteiger partial charge is 0.341 e. The highest BCUT2D eigenvalue weighted by molar-refractivity contribution is 7.90.